The van der Waals surface area contributed by atoms with Crippen LogP contribution < -0.4 is 0 Å². The summed E-state index contributed by atoms with van der Waals surface area (Å²) in [6.45, 7) is 4.51. The summed E-state index contributed by atoms with van der Waals surface area (Å²) >= 11 is 2.67. The summed E-state index contributed by atoms with van der Waals surface area (Å²) in [4.78, 5) is 0. The fraction of sp³-hybridized carbons (Fsp3) is 1.00. The summed E-state index contributed by atoms with van der Waals surface area (Å²) in [6, 6.07) is 0. The molecule has 0 bridgehead atoms. The highest BCUT2D eigenvalue weighted by atomic mass is 127. The van der Waals surface area contributed by atoms with Crippen LogP contribution in [0.25, 0.3) is 0 Å². The van der Waals surface area contributed by atoms with Gasteiger partial charge in [-0.3, -0.25) is 0 Å². The quantitative estimate of drug-likeness (QED) is 0.365. The van der Waals surface area contributed by atoms with Crippen LogP contribution in [0.15, 0.2) is 0 Å². The van der Waals surface area contributed by atoms with E-state index in [1.165, 1.54) is 80.9 Å². The van der Waals surface area contributed by atoms with Crippen LogP contribution in [-0.2, 0) is 4.18 Å². The van der Waals surface area contributed by atoms with Crippen molar-refractivity contribution >= 4 is 46.6 Å². The molecule has 0 aromatic heterocycles. The van der Waals surface area contributed by atoms with Crippen molar-refractivity contribution < 1.29 is 8.42 Å². The Hall–Kier alpha value is 1.41. The average Bonchev–Trinajstić information content (AvgIpc) is 1.95. The van der Waals surface area contributed by atoms with E-state index in [2.05, 4.69) is 13.8 Å². The molecule has 0 aliphatic rings. The Morgan fingerprint density at radius 1 is 0.846 bits per heavy atom. The predicted octanol–water partition coefficient (Wildman–Crippen LogP) is 4.47. The molecule has 0 spiro atoms. The van der Waals surface area contributed by atoms with Gasteiger partial charge in [-0.15, -0.1) is 0 Å². The Bertz CT molecular complexity index is 165. The van der Waals surface area contributed by atoms with Crippen LogP contribution >= 0.6 is 42.4 Å². The molecule has 0 fully saturated rings. The second-order valence-corrected chi connectivity index (χ2v) is 15.6. The van der Waals surface area contributed by atoms with Crippen LogP contribution in [0.3, 0.4) is 0 Å². The molecule has 0 atom stereocenters. The zero-order valence-corrected chi connectivity index (χ0v) is 13.4. The summed E-state index contributed by atoms with van der Waals surface area (Å²) in [7, 11) is 0. The highest BCUT2D eigenvalue weighted by molar-refractivity contribution is 14.3. The number of hydrogen-bond acceptors (Lipinski definition) is 2. The van der Waals surface area contributed by atoms with Gasteiger partial charge < -0.3 is 0 Å². The first-order chi connectivity index (χ1) is 5.91. The molecule has 0 N–H and O–H groups in total. The zero-order valence-electron chi connectivity index (χ0n) is 8.22. The molecule has 0 saturated heterocycles. The van der Waals surface area contributed by atoms with Crippen LogP contribution in [0.5, 0.6) is 0 Å². The molecule has 0 amide bonds. The van der Waals surface area contributed by atoms with Crippen LogP contribution in [0.1, 0.15) is 52.4 Å². The van der Waals surface area contributed by atoms with Gasteiger partial charge in [0.2, 0.25) is 0 Å². The normalized spacial score (nSPS) is 10.5. The summed E-state index contributed by atoms with van der Waals surface area (Å²) < 4.78 is 16.5. The van der Waals surface area contributed by atoms with Crippen LogP contribution in [-0.4, -0.2) is 8.42 Å². The summed E-state index contributed by atoms with van der Waals surface area (Å²) in [6.07, 6.45) is 8.49. The van der Waals surface area contributed by atoms with Crippen LogP contribution in [0.4, 0.5) is 0 Å². The molecule has 13 heavy (non-hydrogen) atoms. The lowest BCUT2D eigenvalue weighted by atomic mass is 10.1. The molecule has 0 heterocycles. The van der Waals surface area contributed by atoms with Gasteiger partial charge >= 0.3 is 0 Å². The largest absolute Gasteiger partial charge is 0.255 e. The lowest BCUT2D eigenvalue weighted by Crippen LogP contribution is -1.73. The third-order valence-corrected chi connectivity index (χ3v) is 1.46. The maximum atomic E-state index is 9.61. The van der Waals surface area contributed by atoms with Gasteiger partial charge in [-0.1, -0.05) is 52.4 Å². The minimum absolute atomic E-state index is 1.34. The van der Waals surface area contributed by atoms with Crippen molar-refractivity contribution in [2.24, 2.45) is 0 Å². The second kappa shape index (κ2) is 11.5. The zero-order chi connectivity index (χ0) is 10.7. The minimum Gasteiger partial charge on any atom is -0.208 e. The molecule has 0 rings (SSSR count). The highest BCUT2D eigenvalue weighted by Gasteiger charge is 1.86. The van der Waals surface area contributed by atoms with Gasteiger partial charge in [-0.05, 0) is 0 Å². The van der Waals surface area contributed by atoms with Crippen molar-refractivity contribution in [1.29, 1.82) is 0 Å². The van der Waals surface area contributed by atoms with Crippen molar-refractivity contribution in [3.63, 3.8) is 0 Å². The molecule has 5 heteroatoms. The van der Waals surface area contributed by atoms with E-state index in [4.69, 9.17) is 0 Å². The maximum absolute atomic E-state index is 9.61. The fourth-order valence-corrected chi connectivity index (χ4v) is 0.854. The Morgan fingerprint density at radius 3 is 1.23 bits per heavy atom. The number of unbranched alkanes of at least 4 members (excludes halogenated alkanes) is 5. The lowest BCUT2D eigenvalue weighted by molar-refractivity contribution is 0.624. The number of hydrogen-bond donors (Lipinski definition) is 0. The second-order valence-electron chi connectivity index (χ2n) is 2.79. The van der Waals surface area contributed by atoms with E-state index in [-0.39, 0.29) is 0 Å². The molecule has 0 aliphatic carbocycles. The molecule has 0 radical (unpaired) electrons. The molecule has 0 unspecified atom stereocenters. The first kappa shape index (κ1) is 16.8. The van der Waals surface area contributed by atoms with E-state index >= 15 is 0 Å². The molecule has 0 aromatic rings. The number of halogens is 2. The topological polar surface area (TPSA) is 34.1 Å². The third-order valence-electron chi connectivity index (χ3n) is 1.46. The summed E-state index contributed by atoms with van der Waals surface area (Å²) in [5, 5.41) is 0. The SMILES string of the molecule is CCCCCCCC.O=S(=O)(I)I. The molecule has 0 aromatic carbocycles. The first-order valence-electron chi connectivity index (χ1n) is 4.56. The maximum Gasteiger partial charge on any atom is 0.255 e. The molecular formula is C8H18I2O2S. The lowest BCUT2D eigenvalue weighted by Gasteiger charge is -1.93. The van der Waals surface area contributed by atoms with Crippen LogP contribution in [0, 0.1) is 0 Å². The van der Waals surface area contributed by atoms with E-state index < -0.39 is 4.18 Å². The van der Waals surface area contributed by atoms with Crippen molar-refractivity contribution in [2.75, 3.05) is 0 Å². The van der Waals surface area contributed by atoms with E-state index in [9.17, 15) is 8.42 Å². The van der Waals surface area contributed by atoms with Gasteiger partial charge in [-0.25, -0.2) is 8.42 Å². The van der Waals surface area contributed by atoms with Gasteiger partial charge in [0.15, 0.2) is 0 Å². The Labute approximate surface area is 106 Å². The average molecular weight is 432 g/mol. The number of rotatable bonds is 5. The third kappa shape index (κ3) is 42.5. The van der Waals surface area contributed by atoms with E-state index in [0.29, 0.717) is 0 Å². The van der Waals surface area contributed by atoms with Gasteiger partial charge in [0.05, 0.1) is 42.4 Å². The van der Waals surface area contributed by atoms with E-state index in [1.807, 2.05) is 0 Å². The van der Waals surface area contributed by atoms with Crippen molar-refractivity contribution in [1.82, 2.24) is 0 Å². The molecule has 82 valence electrons. The van der Waals surface area contributed by atoms with E-state index in [0.717, 1.165) is 0 Å². The van der Waals surface area contributed by atoms with Gasteiger partial charge in [-0.2, -0.15) is 0 Å². The van der Waals surface area contributed by atoms with Crippen molar-refractivity contribution in [3.05, 3.63) is 0 Å². The highest BCUT2D eigenvalue weighted by Crippen LogP contribution is 2.08. The standard InChI is InChI=1S/C8H18.I2O2S/c1-3-5-7-8-6-4-2;1-5(2,3)4/h3-8H2,1-2H3;. The molecule has 0 saturated carbocycles. The molecular weight excluding hydrogens is 414 g/mol. The summed E-state index contributed by atoms with van der Waals surface area (Å²) in [5.74, 6) is 0. The monoisotopic (exact) mass is 432 g/mol. The van der Waals surface area contributed by atoms with Gasteiger partial charge in [0.25, 0.3) is 4.18 Å². The fourth-order valence-electron chi connectivity index (χ4n) is 0.854. The van der Waals surface area contributed by atoms with Crippen molar-refractivity contribution in [3.8, 4) is 0 Å². The van der Waals surface area contributed by atoms with Crippen molar-refractivity contribution in [2.45, 2.75) is 52.4 Å². The smallest absolute Gasteiger partial charge is 0.208 e. The van der Waals surface area contributed by atoms with Gasteiger partial charge in [0, 0.05) is 0 Å². The van der Waals surface area contributed by atoms with Crippen LogP contribution in [0.2, 0.25) is 0 Å². The predicted molar refractivity (Wildman–Crippen MR) is 76.0 cm³/mol. The molecule has 0 aliphatic heterocycles. The Kier molecular flexibility index (Phi) is 14.9. The van der Waals surface area contributed by atoms with E-state index in [1.54, 1.807) is 0 Å². The Balaban J connectivity index is 0. The minimum atomic E-state index is -2.73. The Morgan fingerprint density at radius 2 is 1.08 bits per heavy atom. The van der Waals surface area contributed by atoms with Gasteiger partial charge in [0.1, 0.15) is 0 Å². The molecule has 2 nitrogen and oxygen atoms in total. The summed E-state index contributed by atoms with van der Waals surface area (Å²) in [5.41, 5.74) is 0. The first-order valence-corrected chi connectivity index (χ1v) is 11.1.